The molecule has 1 atom stereocenters. The summed E-state index contributed by atoms with van der Waals surface area (Å²) in [5, 5.41) is 15.3. The summed E-state index contributed by atoms with van der Waals surface area (Å²) in [5.74, 6) is 0.0144. The maximum Gasteiger partial charge on any atom is 0.416 e. The van der Waals surface area contributed by atoms with Crippen molar-refractivity contribution in [2.45, 2.75) is 44.2 Å². The van der Waals surface area contributed by atoms with Gasteiger partial charge in [-0.25, -0.2) is 4.98 Å². The lowest BCUT2D eigenvalue weighted by Gasteiger charge is -2.41. The molecule has 32 heavy (non-hydrogen) atoms. The van der Waals surface area contributed by atoms with Crippen LogP contribution in [-0.2, 0) is 22.1 Å². The van der Waals surface area contributed by atoms with Crippen molar-refractivity contribution in [2.24, 2.45) is 0 Å². The van der Waals surface area contributed by atoms with Gasteiger partial charge in [-0.2, -0.15) is 17.7 Å². The fourth-order valence-electron chi connectivity index (χ4n) is 4.41. The molecule has 172 valence electrons. The van der Waals surface area contributed by atoms with Gasteiger partial charge in [0.05, 0.1) is 29.7 Å². The number of ether oxygens (including phenoxy) is 2. The fourth-order valence-corrected chi connectivity index (χ4v) is 5.55. The average Bonchev–Trinajstić information content (AvgIpc) is 3.47. The molecular formula is C21H23F3N4O3S. The first-order valence-corrected chi connectivity index (χ1v) is 11.4. The Kier molecular flexibility index (Phi) is 5.39. The predicted octanol–water partition coefficient (Wildman–Crippen LogP) is 4.01. The lowest BCUT2D eigenvalue weighted by atomic mass is 9.96. The Morgan fingerprint density at radius 1 is 1.16 bits per heavy atom. The highest BCUT2D eigenvalue weighted by molar-refractivity contribution is 7.17. The van der Waals surface area contributed by atoms with E-state index in [-0.39, 0.29) is 5.88 Å². The van der Waals surface area contributed by atoms with Crippen molar-refractivity contribution in [1.29, 1.82) is 0 Å². The lowest BCUT2D eigenvalue weighted by Crippen LogP contribution is -2.46. The molecule has 7 nitrogen and oxygen atoms in total. The van der Waals surface area contributed by atoms with Crippen LogP contribution in [0.25, 0.3) is 4.96 Å². The first kappa shape index (κ1) is 21.6. The van der Waals surface area contributed by atoms with Crippen molar-refractivity contribution >= 4 is 16.3 Å². The number of fused-ring (bicyclic) bond motifs is 1. The van der Waals surface area contributed by atoms with E-state index in [1.54, 1.807) is 0 Å². The molecule has 0 aliphatic carbocycles. The number of rotatable bonds is 4. The van der Waals surface area contributed by atoms with E-state index < -0.39 is 23.6 Å². The van der Waals surface area contributed by atoms with E-state index in [1.807, 2.05) is 6.92 Å². The number of nitrogens with zero attached hydrogens (tertiary/aromatic N) is 4. The summed E-state index contributed by atoms with van der Waals surface area (Å²) in [6.45, 7) is 4.28. The van der Waals surface area contributed by atoms with Crippen molar-refractivity contribution < 1.29 is 27.8 Å². The molecule has 2 aliphatic rings. The van der Waals surface area contributed by atoms with Crippen LogP contribution >= 0.6 is 11.3 Å². The first-order valence-electron chi connectivity index (χ1n) is 10.6. The molecule has 0 amide bonds. The fraction of sp³-hybridized carbons (Fsp3) is 0.524. The molecule has 0 radical (unpaired) electrons. The number of aromatic nitrogens is 3. The number of aryl methyl sites for hydroxylation is 1. The normalized spacial score (nSPS) is 20.4. The number of piperidine rings is 1. The van der Waals surface area contributed by atoms with Crippen molar-refractivity contribution in [1.82, 2.24) is 19.5 Å². The van der Waals surface area contributed by atoms with Crippen LogP contribution in [0.15, 0.2) is 24.3 Å². The van der Waals surface area contributed by atoms with Gasteiger partial charge in [0.1, 0.15) is 0 Å². The van der Waals surface area contributed by atoms with Gasteiger partial charge in [0.15, 0.2) is 11.6 Å². The number of halogens is 3. The van der Waals surface area contributed by atoms with Crippen LogP contribution < -0.4 is 0 Å². The molecule has 0 saturated carbocycles. The molecule has 1 aromatic carbocycles. The zero-order chi connectivity index (χ0) is 22.5. The second-order valence-electron chi connectivity index (χ2n) is 8.03. The number of hydrogen-bond acceptors (Lipinski definition) is 7. The van der Waals surface area contributed by atoms with Gasteiger partial charge >= 0.3 is 6.18 Å². The minimum Gasteiger partial charge on any atom is -0.492 e. The maximum absolute atomic E-state index is 13.1. The van der Waals surface area contributed by atoms with E-state index in [0.29, 0.717) is 66.8 Å². The molecular weight excluding hydrogens is 445 g/mol. The molecule has 2 fully saturated rings. The van der Waals surface area contributed by atoms with Crippen molar-refractivity contribution in [2.75, 3.05) is 26.3 Å². The molecule has 0 bridgehead atoms. The SMILES string of the molecule is CCc1nc2sc(C(c3ccc(C(F)(F)F)cc3)N3CCC4(CC3)OCCO4)c(O)n2n1. The largest absolute Gasteiger partial charge is 0.492 e. The van der Waals surface area contributed by atoms with Gasteiger partial charge in [-0.05, 0) is 17.7 Å². The van der Waals surface area contributed by atoms with Gasteiger partial charge < -0.3 is 14.6 Å². The van der Waals surface area contributed by atoms with Crippen LogP contribution in [0.2, 0.25) is 0 Å². The van der Waals surface area contributed by atoms with Gasteiger partial charge in [-0.3, -0.25) is 4.90 Å². The van der Waals surface area contributed by atoms with Crippen LogP contribution in [0.3, 0.4) is 0 Å². The second-order valence-corrected chi connectivity index (χ2v) is 9.04. The van der Waals surface area contributed by atoms with Crippen molar-refractivity contribution in [3.63, 3.8) is 0 Å². The molecule has 1 unspecified atom stereocenters. The maximum atomic E-state index is 13.1. The molecule has 4 heterocycles. The molecule has 2 saturated heterocycles. The topological polar surface area (TPSA) is 72.1 Å². The number of aromatic hydroxyl groups is 1. The number of alkyl halides is 3. The van der Waals surface area contributed by atoms with E-state index in [1.165, 1.54) is 28.0 Å². The number of benzene rings is 1. The second kappa shape index (κ2) is 7.98. The van der Waals surface area contributed by atoms with Gasteiger partial charge in [-0.1, -0.05) is 30.4 Å². The van der Waals surface area contributed by atoms with Crippen LogP contribution in [0.5, 0.6) is 5.88 Å². The minimum atomic E-state index is -4.41. The third-order valence-electron chi connectivity index (χ3n) is 6.10. The zero-order valence-electron chi connectivity index (χ0n) is 17.4. The Balaban J connectivity index is 1.52. The Labute approximate surface area is 186 Å². The smallest absolute Gasteiger partial charge is 0.416 e. The minimum absolute atomic E-state index is 0.0317. The van der Waals surface area contributed by atoms with Crippen molar-refractivity contribution in [3.05, 3.63) is 46.1 Å². The predicted molar refractivity (Wildman–Crippen MR) is 111 cm³/mol. The number of thiazole rings is 1. The summed E-state index contributed by atoms with van der Waals surface area (Å²) >= 11 is 1.30. The summed E-state index contributed by atoms with van der Waals surface area (Å²) < 4.78 is 52.4. The van der Waals surface area contributed by atoms with E-state index >= 15 is 0 Å². The summed E-state index contributed by atoms with van der Waals surface area (Å²) in [4.78, 5) is 7.75. The zero-order valence-corrected chi connectivity index (χ0v) is 18.2. The summed E-state index contributed by atoms with van der Waals surface area (Å²) in [6.07, 6.45) is -2.48. The van der Waals surface area contributed by atoms with Crippen molar-refractivity contribution in [3.8, 4) is 5.88 Å². The highest BCUT2D eigenvalue weighted by atomic mass is 32.1. The monoisotopic (exact) mass is 468 g/mol. The Morgan fingerprint density at radius 2 is 1.81 bits per heavy atom. The van der Waals surface area contributed by atoms with Crippen LogP contribution in [0.1, 0.15) is 47.6 Å². The molecule has 1 N–H and O–H groups in total. The van der Waals surface area contributed by atoms with Crippen LogP contribution in [0.4, 0.5) is 13.2 Å². The Bertz CT molecular complexity index is 1100. The van der Waals surface area contributed by atoms with E-state index in [2.05, 4.69) is 15.0 Å². The van der Waals surface area contributed by atoms with E-state index in [0.717, 1.165) is 12.1 Å². The third-order valence-corrected chi connectivity index (χ3v) is 7.17. The van der Waals surface area contributed by atoms with Gasteiger partial charge in [0.25, 0.3) is 0 Å². The van der Waals surface area contributed by atoms with Gasteiger partial charge in [-0.15, -0.1) is 5.10 Å². The van der Waals surface area contributed by atoms with E-state index in [9.17, 15) is 18.3 Å². The molecule has 1 spiro atoms. The molecule has 2 aliphatic heterocycles. The average molecular weight is 469 g/mol. The highest BCUT2D eigenvalue weighted by Crippen LogP contribution is 2.43. The molecule has 2 aromatic heterocycles. The third kappa shape index (κ3) is 3.76. The Hall–Kier alpha value is -2.21. The van der Waals surface area contributed by atoms with Gasteiger partial charge in [0, 0.05) is 32.4 Å². The summed E-state index contributed by atoms with van der Waals surface area (Å²) in [7, 11) is 0. The van der Waals surface area contributed by atoms with Crippen LogP contribution in [0, 0.1) is 0 Å². The molecule has 5 rings (SSSR count). The van der Waals surface area contributed by atoms with Gasteiger partial charge in [0.2, 0.25) is 10.8 Å². The first-order chi connectivity index (χ1) is 15.3. The number of hydrogen-bond donors (Lipinski definition) is 1. The summed E-state index contributed by atoms with van der Waals surface area (Å²) in [5.41, 5.74) is -0.0393. The lowest BCUT2D eigenvalue weighted by molar-refractivity contribution is -0.187. The molecule has 3 aromatic rings. The molecule has 11 heteroatoms. The Morgan fingerprint density at radius 3 is 2.38 bits per heavy atom. The standard InChI is InChI=1S/C21H23F3N4O3S/c1-2-15-25-19-28(26-15)18(29)17(32-19)16(13-3-5-14(6-4-13)21(22,23)24)27-9-7-20(8-10-27)30-11-12-31-20/h3-6,16,29H,2,7-12H2,1H3. The number of likely N-dealkylation sites (tertiary alicyclic amines) is 1. The van der Waals surface area contributed by atoms with Crippen LogP contribution in [-0.4, -0.2) is 56.7 Å². The quantitative estimate of drug-likeness (QED) is 0.624. The van der Waals surface area contributed by atoms with E-state index in [4.69, 9.17) is 9.47 Å². The highest BCUT2D eigenvalue weighted by Gasteiger charge is 2.42. The summed E-state index contributed by atoms with van der Waals surface area (Å²) in [6, 6.07) is 4.69.